The summed E-state index contributed by atoms with van der Waals surface area (Å²) < 4.78 is 29.4. The van der Waals surface area contributed by atoms with Crippen LogP contribution >= 0.6 is 0 Å². The van der Waals surface area contributed by atoms with Gasteiger partial charge in [-0.15, -0.1) is 0 Å². The summed E-state index contributed by atoms with van der Waals surface area (Å²) in [7, 11) is -3.61. The molecule has 194 valence electrons. The smallest absolute Gasteiger partial charge is 0.407 e. The molecule has 1 saturated carbocycles. The number of sulfonamides is 1. The third-order valence-electron chi connectivity index (χ3n) is 7.11. The number of piperidine rings is 1. The first-order valence-electron chi connectivity index (χ1n) is 12.0. The van der Waals surface area contributed by atoms with E-state index < -0.39 is 21.7 Å². The first-order valence-corrected chi connectivity index (χ1v) is 13.5. The van der Waals surface area contributed by atoms with Crippen LogP contribution in [0.25, 0.3) is 10.9 Å². The van der Waals surface area contributed by atoms with E-state index in [0.29, 0.717) is 41.9 Å². The number of anilines is 2. The number of pyridine rings is 1. The summed E-state index contributed by atoms with van der Waals surface area (Å²) in [5.41, 5.74) is -0.0952. The van der Waals surface area contributed by atoms with Crippen LogP contribution in [0.1, 0.15) is 32.1 Å². The Morgan fingerprint density at radius 2 is 1.92 bits per heavy atom. The molecule has 37 heavy (non-hydrogen) atoms. The van der Waals surface area contributed by atoms with Crippen molar-refractivity contribution >= 4 is 38.5 Å². The first kappa shape index (κ1) is 24.8. The lowest BCUT2D eigenvalue weighted by molar-refractivity contribution is 0.0912. The molecule has 12 nitrogen and oxygen atoms in total. The van der Waals surface area contributed by atoms with E-state index in [1.54, 1.807) is 22.9 Å². The molecular weight excluding hydrogens is 498 g/mol. The molecule has 3 heterocycles. The highest BCUT2D eigenvalue weighted by atomic mass is 32.2. The van der Waals surface area contributed by atoms with Gasteiger partial charge in [0.15, 0.2) is 5.82 Å². The van der Waals surface area contributed by atoms with E-state index in [-0.39, 0.29) is 35.8 Å². The van der Waals surface area contributed by atoms with Crippen molar-refractivity contribution in [2.24, 2.45) is 5.92 Å². The van der Waals surface area contributed by atoms with Gasteiger partial charge in [0.25, 0.3) is 5.56 Å². The van der Waals surface area contributed by atoms with Crippen LogP contribution in [0.3, 0.4) is 0 Å². The molecular formula is C24H27N7O5S. The van der Waals surface area contributed by atoms with Crippen LogP contribution in [0.15, 0.2) is 46.2 Å². The minimum absolute atomic E-state index is 0.101. The standard InChI is InChI=1S/C24H27N7O5S/c25-11-8-24(9-13-30(14-10-24)23(33)34)31-19-7-12-26-22(32)20(19)21(29-31)28-17-3-5-18(6-4-17)37(35,36)27-15-16-1-2-16/h3-7,12,16,27H,1-2,8-10,13-15H2,(H,26,32)(H,28,29)(H,33,34). The van der Waals surface area contributed by atoms with E-state index in [1.165, 1.54) is 23.2 Å². The number of rotatable bonds is 8. The van der Waals surface area contributed by atoms with Gasteiger partial charge in [-0.2, -0.15) is 10.4 Å². The second kappa shape index (κ2) is 9.53. The van der Waals surface area contributed by atoms with Crippen molar-refractivity contribution in [1.82, 2.24) is 24.4 Å². The molecule has 1 aliphatic carbocycles. The number of amides is 1. The highest BCUT2D eigenvalue weighted by Crippen LogP contribution is 2.37. The maximum absolute atomic E-state index is 12.8. The lowest BCUT2D eigenvalue weighted by Crippen LogP contribution is -2.48. The number of likely N-dealkylation sites (tertiary alicyclic amines) is 1. The number of hydrogen-bond acceptors (Lipinski definition) is 7. The first-order chi connectivity index (χ1) is 17.7. The van der Waals surface area contributed by atoms with Gasteiger partial charge in [0.2, 0.25) is 10.0 Å². The Morgan fingerprint density at radius 3 is 2.54 bits per heavy atom. The molecule has 1 saturated heterocycles. The molecule has 0 spiro atoms. The third-order valence-corrected chi connectivity index (χ3v) is 8.55. The van der Waals surface area contributed by atoms with Crippen molar-refractivity contribution in [3.8, 4) is 6.07 Å². The average molecular weight is 526 g/mol. The SMILES string of the molecule is N#CCC1(n2nc(Nc3ccc(S(=O)(=O)NCC4CC4)cc3)c3c(=O)[nH]ccc32)CCN(C(=O)O)CC1. The zero-order valence-electron chi connectivity index (χ0n) is 20.0. The summed E-state index contributed by atoms with van der Waals surface area (Å²) in [4.78, 5) is 28.3. The van der Waals surface area contributed by atoms with Gasteiger partial charge in [0, 0.05) is 31.5 Å². The normalized spacial score (nSPS) is 17.4. The number of benzene rings is 1. The Labute approximate surface area is 212 Å². The zero-order valence-corrected chi connectivity index (χ0v) is 20.8. The molecule has 1 aromatic carbocycles. The number of nitrogens with zero attached hydrogens (tertiary/aromatic N) is 4. The van der Waals surface area contributed by atoms with E-state index >= 15 is 0 Å². The van der Waals surface area contributed by atoms with E-state index in [1.807, 2.05) is 0 Å². The topological polar surface area (TPSA) is 173 Å². The van der Waals surface area contributed by atoms with Crippen molar-refractivity contribution < 1.29 is 18.3 Å². The van der Waals surface area contributed by atoms with Crippen LogP contribution < -0.4 is 15.6 Å². The number of nitriles is 1. The molecule has 3 aromatic rings. The minimum Gasteiger partial charge on any atom is -0.465 e. The minimum atomic E-state index is -3.61. The van der Waals surface area contributed by atoms with Crippen LogP contribution in [0.2, 0.25) is 0 Å². The Morgan fingerprint density at radius 1 is 1.22 bits per heavy atom. The maximum atomic E-state index is 12.8. The molecule has 0 radical (unpaired) electrons. The summed E-state index contributed by atoms with van der Waals surface area (Å²) in [5, 5.41) is 27.1. The molecule has 2 fully saturated rings. The van der Waals surface area contributed by atoms with E-state index in [2.05, 4.69) is 21.1 Å². The highest BCUT2D eigenvalue weighted by molar-refractivity contribution is 7.89. The molecule has 2 aliphatic rings. The fourth-order valence-corrected chi connectivity index (χ4v) is 5.85. The number of aromatic amines is 1. The van der Waals surface area contributed by atoms with Crippen LogP contribution in [0, 0.1) is 17.2 Å². The van der Waals surface area contributed by atoms with Gasteiger partial charge in [0.05, 0.1) is 28.4 Å². The van der Waals surface area contributed by atoms with Crippen molar-refractivity contribution in [1.29, 1.82) is 5.26 Å². The Hall–Kier alpha value is -3.89. The average Bonchev–Trinajstić information content (AvgIpc) is 3.64. The van der Waals surface area contributed by atoms with Gasteiger partial charge in [0.1, 0.15) is 5.39 Å². The molecule has 0 atom stereocenters. The zero-order chi connectivity index (χ0) is 26.2. The summed E-state index contributed by atoms with van der Waals surface area (Å²) in [5.74, 6) is 0.676. The number of carbonyl (C=O) groups is 1. The fourth-order valence-electron chi connectivity index (χ4n) is 4.74. The Balaban J connectivity index is 1.46. The number of hydrogen-bond donors (Lipinski definition) is 4. The van der Waals surface area contributed by atoms with Crippen molar-refractivity contribution in [2.75, 3.05) is 25.0 Å². The molecule has 0 bridgehead atoms. The lowest BCUT2D eigenvalue weighted by atomic mass is 9.85. The van der Waals surface area contributed by atoms with Crippen molar-refractivity contribution in [3.63, 3.8) is 0 Å². The molecule has 5 rings (SSSR count). The van der Waals surface area contributed by atoms with Gasteiger partial charge in [-0.3, -0.25) is 9.48 Å². The molecule has 1 amide bonds. The number of nitrogens with one attached hydrogen (secondary N) is 3. The second-order valence-corrected chi connectivity index (χ2v) is 11.4. The van der Waals surface area contributed by atoms with Gasteiger partial charge < -0.3 is 20.3 Å². The highest BCUT2D eigenvalue weighted by Gasteiger charge is 2.40. The van der Waals surface area contributed by atoms with Gasteiger partial charge >= 0.3 is 6.09 Å². The quantitative estimate of drug-likeness (QED) is 0.347. The molecule has 1 aliphatic heterocycles. The van der Waals surface area contributed by atoms with Gasteiger partial charge in [-0.1, -0.05) is 0 Å². The predicted molar refractivity (Wildman–Crippen MR) is 135 cm³/mol. The van der Waals surface area contributed by atoms with Crippen LogP contribution in [0.5, 0.6) is 0 Å². The number of fused-ring (bicyclic) bond motifs is 1. The Kier molecular flexibility index (Phi) is 6.38. The molecule has 4 N–H and O–H groups in total. The van der Waals surface area contributed by atoms with E-state index in [0.717, 1.165) is 12.8 Å². The predicted octanol–water partition coefficient (Wildman–Crippen LogP) is 2.54. The largest absolute Gasteiger partial charge is 0.465 e. The van der Waals surface area contributed by atoms with Crippen molar-refractivity contribution in [3.05, 3.63) is 46.9 Å². The van der Waals surface area contributed by atoms with Crippen LogP contribution in [0.4, 0.5) is 16.3 Å². The third kappa shape index (κ3) is 4.90. The van der Waals surface area contributed by atoms with Gasteiger partial charge in [-0.25, -0.2) is 17.9 Å². The maximum Gasteiger partial charge on any atom is 0.407 e. The summed E-state index contributed by atoms with van der Waals surface area (Å²) in [6, 6.07) is 10.1. The molecule has 2 aromatic heterocycles. The monoisotopic (exact) mass is 525 g/mol. The summed E-state index contributed by atoms with van der Waals surface area (Å²) in [6.45, 7) is 0.924. The Bertz CT molecular complexity index is 1530. The summed E-state index contributed by atoms with van der Waals surface area (Å²) >= 11 is 0. The fraction of sp³-hybridized carbons (Fsp3) is 0.417. The second-order valence-electron chi connectivity index (χ2n) is 9.60. The number of carboxylic acid groups (broad SMARTS) is 1. The van der Waals surface area contributed by atoms with E-state index in [4.69, 9.17) is 5.10 Å². The van der Waals surface area contributed by atoms with Crippen LogP contribution in [-0.2, 0) is 15.6 Å². The van der Waals surface area contributed by atoms with E-state index in [9.17, 15) is 28.4 Å². The summed E-state index contributed by atoms with van der Waals surface area (Å²) in [6.07, 6.45) is 3.42. The number of aromatic nitrogens is 3. The van der Waals surface area contributed by atoms with Crippen LogP contribution in [-0.4, -0.2) is 58.9 Å². The lowest BCUT2D eigenvalue weighted by Gasteiger charge is -2.40. The number of H-pyrrole nitrogens is 1. The molecule has 13 heteroatoms. The van der Waals surface area contributed by atoms with Gasteiger partial charge in [-0.05, 0) is 61.9 Å². The molecule has 0 unspecified atom stereocenters. The van der Waals surface area contributed by atoms with Crippen molar-refractivity contribution in [2.45, 2.75) is 42.5 Å².